The molecule has 33 heavy (non-hydrogen) atoms. The molecule has 9 nitrogen and oxygen atoms in total. The third-order valence-corrected chi connectivity index (χ3v) is 7.80. The van der Waals surface area contributed by atoms with Gasteiger partial charge in [0, 0.05) is 34.4 Å². The molecule has 10 heteroatoms. The van der Waals surface area contributed by atoms with Crippen LogP contribution in [-0.2, 0) is 19.9 Å². The summed E-state index contributed by atoms with van der Waals surface area (Å²) in [4.78, 5) is 54.8. The Labute approximate surface area is 193 Å². The molecule has 6 rings (SSSR count). The van der Waals surface area contributed by atoms with Crippen LogP contribution in [0.4, 0.5) is 17.1 Å². The lowest BCUT2D eigenvalue weighted by molar-refractivity contribution is -0.384. The van der Waals surface area contributed by atoms with Crippen LogP contribution in [0.3, 0.4) is 0 Å². The molecule has 0 bridgehead atoms. The van der Waals surface area contributed by atoms with Crippen LogP contribution >= 0.6 is 11.6 Å². The van der Waals surface area contributed by atoms with Crippen LogP contribution in [-0.4, -0.2) is 40.1 Å². The van der Waals surface area contributed by atoms with Crippen LogP contribution in [0.15, 0.2) is 36.4 Å². The molecule has 2 aromatic carbocycles. The predicted octanol–water partition coefficient (Wildman–Crippen LogP) is 2.99. The number of nitro benzene ring substituents is 1. The minimum absolute atomic E-state index is 0.134. The fourth-order valence-corrected chi connectivity index (χ4v) is 6.69. The lowest BCUT2D eigenvalue weighted by atomic mass is 9.75. The number of halogens is 1. The number of aryl methyl sites for hydroxylation is 1. The van der Waals surface area contributed by atoms with Gasteiger partial charge in [0.05, 0.1) is 22.4 Å². The maximum absolute atomic E-state index is 13.9. The van der Waals surface area contributed by atoms with Crippen molar-refractivity contribution in [3.63, 3.8) is 0 Å². The Hall–Kier alpha value is -3.30. The van der Waals surface area contributed by atoms with E-state index in [9.17, 15) is 24.5 Å². The monoisotopic (exact) mass is 466 g/mol. The summed E-state index contributed by atoms with van der Waals surface area (Å²) in [5.74, 6) is -2.72. The average Bonchev–Trinajstić information content (AvgIpc) is 3.47. The van der Waals surface area contributed by atoms with Gasteiger partial charge in [0.2, 0.25) is 17.7 Å². The zero-order chi connectivity index (χ0) is 23.2. The number of benzene rings is 2. The van der Waals surface area contributed by atoms with Crippen molar-refractivity contribution in [1.29, 1.82) is 0 Å². The highest BCUT2D eigenvalue weighted by molar-refractivity contribution is 6.31. The second-order valence-corrected chi connectivity index (χ2v) is 9.49. The molecule has 168 valence electrons. The van der Waals surface area contributed by atoms with E-state index in [0.29, 0.717) is 29.2 Å². The number of non-ortho nitro benzene ring substituents is 1. The third kappa shape index (κ3) is 2.38. The molecule has 0 saturated carbocycles. The summed E-state index contributed by atoms with van der Waals surface area (Å²) in [5, 5.41) is 14.4. The van der Waals surface area contributed by atoms with Crippen molar-refractivity contribution in [1.82, 2.24) is 4.90 Å². The summed E-state index contributed by atoms with van der Waals surface area (Å²) in [6, 6.07) is 8.58. The minimum Gasteiger partial charge on any atom is -0.324 e. The molecule has 0 unspecified atom stereocenters. The molecular weight excluding hydrogens is 448 g/mol. The van der Waals surface area contributed by atoms with E-state index >= 15 is 0 Å². The van der Waals surface area contributed by atoms with Crippen LogP contribution in [0.5, 0.6) is 0 Å². The second-order valence-electron chi connectivity index (χ2n) is 9.06. The zero-order valence-electron chi connectivity index (χ0n) is 17.6. The first-order valence-electron chi connectivity index (χ1n) is 10.8. The van der Waals surface area contributed by atoms with Gasteiger partial charge in [0.1, 0.15) is 5.54 Å². The van der Waals surface area contributed by atoms with Crippen LogP contribution in [0, 0.1) is 28.9 Å². The highest BCUT2D eigenvalue weighted by Gasteiger charge is 2.74. The van der Waals surface area contributed by atoms with Gasteiger partial charge in [-0.05, 0) is 56.1 Å². The number of hydrogen-bond donors (Lipinski definition) is 1. The van der Waals surface area contributed by atoms with Gasteiger partial charge in [0.25, 0.3) is 5.69 Å². The molecule has 1 N–H and O–H groups in total. The topological polar surface area (TPSA) is 113 Å². The number of rotatable bonds is 2. The molecule has 4 aliphatic heterocycles. The van der Waals surface area contributed by atoms with Gasteiger partial charge in [-0.3, -0.25) is 29.4 Å². The number of amides is 3. The lowest BCUT2D eigenvalue weighted by Crippen LogP contribution is -2.54. The highest BCUT2D eigenvalue weighted by atomic mass is 35.5. The number of carbonyl (C=O) groups is 3. The summed E-state index contributed by atoms with van der Waals surface area (Å²) in [7, 11) is 0. The highest BCUT2D eigenvalue weighted by Crippen LogP contribution is 2.61. The third-order valence-electron chi connectivity index (χ3n) is 7.58. The van der Waals surface area contributed by atoms with Gasteiger partial charge >= 0.3 is 0 Å². The Balaban J connectivity index is 1.53. The number of anilines is 2. The molecule has 4 aliphatic rings. The summed E-state index contributed by atoms with van der Waals surface area (Å²) >= 11 is 6.38. The van der Waals surface area contributed by atoms with Crippen LogP contribution < -0.4 is 10.2 Å². The molecule has 4 atom stereocenters. The summed E-state index contributed by atoms with van der Waals surface area (Å²) in [6.07, 6.45) is 1.52. The molecule has 1 spiro atoms. The summed E-state index contributed by atoms with van der Waals surface area (Å²) in [6.45, 7) is 2.46. The average molecular weight is 467 g/mol. The smallest absolute Gasteiger partial charge is 0.269 e. The van der Waals surface area contributed by atoms with Crippen molar-refractivity contribution < 1.29 is 19.3 Å². The van der Waals surface area contributed by atoms with Gasteiger partial charge in [-0.25, -0.2) is 4.90 Å². The molecule has 0 radical (unpaired) electrons. The largest absolute Gasteiger partial charge is 0.324 e. The lowest BCUT2D eigenvalue weighted by Gasteiger charge is -2.36. The molecule has 3 saturated heterocycles. The van der Waals surface area contributed by atoms with E-state index in [0.717, 1.165) is 16.9 Å². The van der Waals surface area contributed by atoms with E-state index < -0.39 is 28.2 Å². The summed E-state index contributed by atoms with van der Waals surface area (Å²) in [5.41, 5.74) is 0.912. The van der Waals surface area contributed by atoms with Crippen LogP contribution in [0.2, 0.25) is 5.02 Å². The molecular formula is C23H19ClN4O5. The van der Waals surface area contributed by atoms with Crippen molar-refractivity contribution >= 4 is 46.4 Å². The fraction of sp³-hybridized carbons (Fsp3) is 0.348. The SMILES string of the molecule is Cc1cc(Cl)cc2c1NC(=O)[C@@]21[C@@H]2C(=O)N(c3ccc([N+](=O)[O-])cc3)C(=O)[C@@H]2[C@@H]2CCCN21. The van der Waals surface area contributed by atoms with Crippen molar-refractivity contribution in [3.8, 4) is 0 Å². The van der Waals surface area contributed by atoms with E-state index in [4.69, 9.17) is 11.6 Å². The van der Waals surface area contributed by atoms with E-state index in [1.807, 2.05) is 11.8 Å². The minimum atomic E-state index is -1.31. The zero-order valence-corrected chi connectivity index (χ0v) is 18.3. The van der Waals surface area contributed by atoms with Gasteiger partial charge < -0.3 is 5.32 Å². The van der Waals surface area contributed by atoms with Crippen molar-refractivity contribution in [2.24, 2.45) is 11.8 Å². The Morgan fingerprint density at radius 3 is 2.58 bits per heavy atom. The maximum atomic E-state index is 13.9. The second kappa shape index (κ2) is 6.61. The molecule has 3 fully saturated rings. The number of nitrogens with one attached hydrogen (secondary N) is 1. The van der Waals surface area contributed by atoms with Crippen LogP contribution in [0.1, 0.15) is 24.0 Å². The quantitative estimate of drug-likeness (QED) is 0.413. The van der Waals surface area contributed by atoms with E-state index in [1.54, 1.807) is 12.1 Å². The Morgan fingerprint density at radius 2 is 1.88 bits per heavy atom. The summed E-state index contributed by atoms with van der Waals surface area (Å²) < 4.78 is 0. The van der Waals surface area contributed by atoms with Crippen molar-refractivity contribution in [2.75, 3.05) is 16.8 Å². The number of hydrogen-bond acceptors (Lipinski definition) is 6. The number of nitrogens with zero attached hydrogens (tertiary/aromatic N) is 3. The first-order valence-corrected chi connectivity index (χ1v) is 11.2. The Morgan fingerprint density at radius 1 is 1.15 bits per heavy atom. The van der Waals surface area contributed by atoms with Crippen LogP contribution in [0.25, 0.3) is 0 Å². The van der Waals surface area contributed by atoms with Crippen molar-refractivity contribution in [2.45, 2.75) is 31.3 Å². The van der Waals surface area contributed by atoms with E-state index in [2.05, 4.69) is 5.32 Å². The van der Waals surface area contributed by atoms with Gasteiger partial charge in [-0.15, -0.1) is 0 Å². The molecule has 3 amide bonds. The molecule has 2 aromatic rings. The van der Waals surface area contributed by atoms with Gasteiger partial charge in [0.15, 0.2) is 0 Å². The number of imide groups is 1. The number of nitro groups is 1. The Kier molecular flexibility index (Phi) is 4.07. The van der Waals surface area contributed by atoms with E-state index in [1.165, 1.54) is 24.3 Å². The normalized spacial score (nSPS) is 30.1. The first-order chi connectivity index (χ1) is 15.8. The number of carbonyl (C=O) groups excluding carboxylic acids is 3. The van der Waals surface area contributed by atoms with Gasteiger partial charge in [-0.1, -0.05) is 11.6 Å². The van der Waals surface area contributed by atoms with Gasteiger partial charge in [-0.2, -0.15) is 0 Å². The first kappa shape index (κ1) is 20.3. The Bertz CT molecular complexity index is 1280. The maximum Gasteiger partial charge on any atom is 0.269 e. The molecule has 0 aliphatic carbocycles. The standard InChI is InChI=1S/C23H19ClN4O5/c1-11-9-12(24)10-15-19(11)25-22(31)23(15)18-17(16-3-2-8-26(16)23)20(29)27(21(18)30)13-4-6-14(7-5-13)28(32)33/h4-7,9-10,16-18H,2-3,8H2,1H3,(H,25,31)/t16-,17+,18-,23-/m0/s1. The van der Waals surface area contributed by atoms with Crippen molar-refractivity contribution in [3.05, 3.63) is 62.7 Å². The van der Waals surface area contributed by atoms with E-state index in [-0.39, 0.29) is 29.2 Å². The molecule has 4 heterocycles. The molecule has 0 aromatic heterocycles. The predicted molar refractivity (Wildman–Crippen MR) is 119 cm³/mol. The number of fused-ring (bicyclic) bond motifs is 7. The fourth-order valence-electron chi connectivity index (χ4n) is 6.41.